The molecule has 1 heterocycles. The smallest absolute Gasteiger partial charge is 0.222 e. The van der Waals surface area contributed by atoms with E-state index in [1.54, 1.807) is 19.2 Å². The average Bonchev–Trinajstić information content (AvgIpc) is 3.14. The number of aromatic hydroxyl groups is 1. The number of hydrogen-bond acceptors (Lipinski definition) is 4. The maximum absolute atomic E-state index is 12.6. The molecule has 6 heteroatoms. The third kappa shape index (κ3) is 3.03. The van der Waals surface area contributed by atoms with Crippen LogP contribution in [0.15, 0.2) is 18.2 Å². The highest BCUT2D eigenvalue weighted by Gasteiger charge is 2.68. The highest BCUT2D eigenvalue weighted by molar-refractivity contribution is 6.30. The van der Waals surface area contributed by atoms with E-state index in [4.69, 9.17) is 21.1 Å². The first-order valence-corrected chi connectivity index (χ1v) is 10.6. The molecule has 2 aliphatic carbocycles. The minimum absolute atomic E-state index is 0.00538. The van der Waals surface area contributed by atoms with Crippen molar-refractivity contribution in [1.29, 1.82) is 0 Å². The zero-order valence-corrected chi connectivity index (χ0v) is 17.6. The monoisotopic (exact) mass is 407 g/mol. The van der Waals surface area contributed by atoms with Crippen LogP contribution in [0.5, 0.6) is 5.75 Å². The maximum Gasteiger partial charge on any atom is 0.222 e. The van der Waals surface area contributed by atoms with Gasteiger partial charge in [-0.3, -0.25) is 4.79 Å². The Labute approximate surface area is 171 Å². The van der Waals surface area contributed by atoms with Gasteiger partial charge < -0.3 is 19.9 Å². The number of phenolic OH excluding ortho intramolecular Hbond substituents is 1. The molecule has 1 aliphatic heterocycles. The Balaban J connectivity index is 1.66. The van der Waals surface area contributed by atoms with E-state index in [0.717, 1.165) is 24.8 Å². The molecule has 1 aromatic carbocycles. The van der Waals surface area contributed by atoms with Gasteiger partial charge in [-0.2, -0.15) is 0 Å². The predicted molar refractivity (Wildman–Crippen MR) is 107 cm³/mol. The highest BCUT2D eigenvalue weighted by atomic mass is 35.5. The first-order valence-electron chi connectivity index (χ1n) is 10.2. The van der Waals surface area contributed by atoms with Crippen LogP contribution in [0.2, 0.25) is 5.02 Å². The van der Waals surface area contributed by atoms with E-state index in [2.05, 4.69) is 19.2 Å². The Morgan fingerprint density at radius 2 is 2.21 bits per heavy atom. The van der Waals surface area contributed by atoms with Gasteiger partial charge in [0.2, 0.25) is 5.91 Å². The van der Waals surface area contributed by atoms with Gasteiger partial charge in [0, 0.05) is 36.8 Å². The molecule has 4 rings (SSSR count). The Morgan fingerprint density at radius 1 is 1.43 bits per heavy atom. The molecular formula is C22H30ClNO4. The van der Waals surface area contributed by atoms with E-state index in [1.165, 1.54) is 0 Å². The van der Waals surface area contributed by atoms with Crippen LogP contribution in [0, 0.1) is 22.7 Å². The molecule has 2 saturated carbocycles. The van der Waals surface area contributed by atoms with E-state index in [-0.39, 0.29) is 40.6 Å². The van der Waals surface area contributed by atoms with Crippen molar-refractivity contribution in [3.8, 4) is 5.75 Å². The normalized spacial score (nSPS) is 35.6. The molecule has 28 heavy (non-hydrogen) atoms. The first-order chi connectivity index (χ1) is 13.3. The number of hydrogen-bond donors (Lipinski definition) is 2. The summed E-state index contributed by atoms with van der Waals surface area (Å²) in [5.41, 5.74) is 0.804. The summed E-state index contributed by atoms with van der Waals surface area (Å²) in [5, 5.41) is 14.4. The molecule has 1 unspecified atom stereocenters. The van der Waals surface area contributed by atoms with Crippen LogP contribution in [0.3, 0.4) is 0 Å². The van der Waals surface area contributed by atoms with Crippen molar-refractivity contribution < 1.29 is 19.4 Å². The zero-order chi connectivity index (χ0) is 20.1. The number of ether oxygens (including phenoxy) is 2. The highest BCUT2D eigenvalue weighted by Crippen LogP contribution is 2.70. The number of fused-ring (bicyclic) bond motifs is 1. The molecule has 5 nitrogen and oxygen atoms in total. The van der Waals surface area contributed by atoms with Crippen molar-refractivity contribution in [2.45, 2.75) is 51.7 Å². The third-order valence-corrected chi connectivity index (χ3v) is 7.87. The molecule has 154 valence electrons. The number of carbonyl (C=O) groups excluding carboxylic acids is 1. The zero-order valence-electron chi connectivity index (χ0n) is 16.8. The number of halogens is 1. The van der Waals surface area contributed by atoms with Gasteiger partial charge in [0.1, 0.15) is 5.75 Å². The summed E-state index contributed by atoms with van der Waals surface area (Å²) in [5.74, 6) is 1.07. The van der Waals surface area contributed by atoms with Crippen molar-refractivity contribution in [2.24, 2.45) is 22.7 Å². The van der Waals surface area contributed by atoms with Crippen molar-refractivity contribution >= 4 is 17.5 Å². The second kappa shape index (κ2) is 7.19. The fourth-order valence-electron chi connectivity index (χ4n) is 6.28. The van der Waals surface area contributed by atoms with Crippen LogP contribution in [0.25, 0.3) is 0 Å². The molecule has 0 aromatic heterocycles. The van der Waals surface area contributed by atoms with E-state index < -0.39 is 0 Å². The fraction of sp³-hybridized carbons (Fsp3) is 0.682. The second-order valence-electron chi connectivity index (χ2n) is 9.29. The maximum atomic E-state index is 12.6. The van der Waals surface area contributed by atoms with Crippen LogP contribution in [0.1, 0.15) is 51.2 Å². The van der Waals surface area contributed by atoms with E-state index >= 15 is 0 Å². The molecule has 0 radical (unpaired) electrons. The molecule has 2 bridgehead atoms. The summed E-state index contributed by atoms with van der Waals surface area (Å²) in [6, 6.07) is 5.26. The van der Waals surface area contributed by atoms with E-state index in [1.807, 2.05) is 6.07 Å². The summed E-state index contributed by atoms with van der Waals surface area (Å²) < 4.78 is 11.3. The molecule has 1 amide bonds. The lowest BCUT2D eigenvalue weighted by atomic mass is 9.58. The van der Waals surface area contributed by atoms with E-state index in [9.17, 15) is 9.90 Å². The Morgan fingerprint density at radius 3 is 2.96 bits per heavy atom. The number of phenols is 1. The van der Waals surface area contributed by atoms with Crippen LogP contribution in [-0.4, -0.2) is 37.4 Å². The second-order valence-corrected chi connectivity index (χ2v) is 9.72. The molecular weight excluding hydrogens is 378 g/mol. The SMILES string of the molecule is COCCC(=O)N[C@@H]1C(C)(C)[C@@H]2C[C@@H]3[C@@H](c4cc(Cl)ccc4O)OCCC31C2. The van der Waals surface area contributed by atoms with Gasteiger partial charge in [-0.1, -0.05) is 25.4 Å². The lowest BCUT2D eigenvalue weighted by Gasteiger charge is -2.53. The topological polar surface area (TPSA) is 67.8 Å². The summed E-state index contributed by atoms with van der Waals surface area (Å²) in [4.78, 5) is 12.6. The van der Waals surface area contributed by atoms with Crippen molar-refractivity contribution in [1.82, 2.24) is 5.32 Å². The number of methoxy groups -OCH3 is 1. The van der Waals surface area contributed by atoms with Gasteiger partial charge in [-0.15, -0.1) is 0 Å². The number of rotatable bonds is 5. The van der Waals surface area contributed by atoms with Crippen LogP contribution >= 0.6 is 11.6 Å². The molecule has 5 atom stereocenters. The molecule has 1 spiro atoms. The summed E-state index contributed by atoms with van der Waals surface area (Å²) in [6.45, 7) is 5.62. The largest absolute Gasteiger partial charge is 0.508 e. The minimum Gasteiger partial charge on any atom is -0.508 e. The molecule has 3 aliphatic rings. The lowest BCUT2D eigenvalue weighted by Crippen LogP contribution is -2.59. The van der Waals surface area contributed by atoms with Crippen molar-refractivity contribution in [3.63, 3.8) is 0 Å². The van der Waals surface area contributed by atoms with Gasteiger partial charge in [-0.25, -0.2) is 0 Å². The molecule has 2 N–H and O–H groups in total. The predicted octanol–water partition coefficient (Wildman–Crippen LogP) is 4.08. The standard InChI is InChI=1S/C22H30ClNO4/c1-21(2)13-10-16-19(15-11-14(23)4-5-17(15)25)28-9-7-22(16,12-13)20(21)24-18(26)6-8-27-3/h4-5,11,13,16,19-20,25H,6-10,12H2,1-3H3,(H,24,26)/t13-,16-,19-,20-,22?/m1/s1. The molecule has 1 aromatic rings. The van der Waals surface area contributed by atoms with Gasteiger partial charge in [0.05, 0.1) is 12.7 Å². The van der Waals surface area contributed by atoms with E-state index in [0.29, 0.717) is 30.6 Å². The fourth-order valence-corrected chi connectivity index (χ4v) is 6.46. The minimum atomic E-state index is -0.188. The Kier molecular flexibility index (Phi) is 5.13. The third-order valence-electron chi connectivity index (χ3n) is 7.64. The number of carbonyl (C=O) groups is 1. The van der Waals surface area contributed by atoms with Crippen molar-refractivity contribution in [2.75, 3.05) is 20.3 Å². The summed E-state index contributed by atoms with van der Waals surface area (Å²) in [6.07, 6.45) is 3.27. The van der Waals surface area contributed by atoms with Gasteiger partial charge in [0.25, 0.3) is 0 Å². The summed E-state index contributed by atoms with van der Waals surface area (Å²) >= 11 is 6.21. The first kappa shape index (κ1) is 20.0. The van der Waals surface area contributed by atoms with Crippen LogP contribution in [0.4, 0.5) is 0 Å². The Bertz CT molecular complexity index is 767. The van der Waals surface area contributed by atoms with Gasteiger partial charge >= 0.3 is 0 Å². The summed E-state index contributed by atoms with van der Waals surface area (Å²) in [7, 11) is 1.62. The van der Waals surface area contributed by atoms with Gasteiger partial charge in [0.15, 0.2) is 0 Å². The van der Waals surface area contributed by atoms with Crippen LogP contribution < -0.4 is 5.32 Å². The van der Waals surface area contributed by atoms with Gasteiger partial charge in [-0.05, 0) is 60.1 Å². The Hall–Kier alpha value is -1.30. The average molecular weight is 408 g/mol. The number of nitrogens with one attached hydrogen (secondary N) is 1. The molecule has 3 fully saturated rings. The lowest BCUT2D eigenvalue weighted by molar-refractivity contribution is -0.138. The quantitative estimate of drug-likeness (QED) is 0.771. The number of amides is 1. The molecule has 1 saturated heterocycles. The van der Waals surface area contributed by atoms with Crippen LogP contribution in [-0.2, 0) is 14.3 Å². The number of benzene rings is 1. The van der Waals surface area contributed by atoms with Crippen molar-refractivity contribution in [3.05, 3.63) is 28.8 Å².